The van der Waals surface area contributed by atoms with Crippen LogP contribution in [0.25, 0.3) is 0 Å². The minimum atomic E-state index is -0.374. The number of piperidine rings is 1. The molecule has 1 spiro atoms. The maximum absolute atomic E-state index is 13.8. The van der Waals surface area contributed by atoms with Crippen molar-refractivity contribution in [2.24, 2.45) is 11.3 Å². The minimum Gasteiger partial charge on any atom is -0.339 e. The summed E-state index contributed by atoms with van der Waals surface area (Å²) < 4.78 is 0. The molecule has 2 heterocycles. The zero-order valence-electron chi connectivity index (χ0n) is 18.7. The molecule has 2 amide bonds. The van der Waals surface area contributed by atoms with Crippen molar-refractivity contribution in [3.05, 3.63) is 70.3 Å². The molecule has 0 N–H and O–H groups in total. The van der Waals surface area contributed by atoms with E-state index in [1.165, 1.54) is 29.5 Å². The summed E-state index contributed by atoms with van der Waals surface area (Å²) >= 11 is 0. The first-order valence-electron chi connectivity index (χ1n) is 11.7. The van der Waals surface area contributed by atoms with E-state index in [0.717, 1.165) is 43.5 Å². The first-order chi connectivity index (χ1) is 14.9. The van der Waals surface area contributed by atoms with Gasteiger partial charge >= 0.3 is 0 Å². The van der Waals surface area contributed by atoms with Crippen molar-refractivity contribution in [3.8, 4) is 0 Å². The number of benzene rings is 2. The van der Waals surface area contributed by atoms with Crippen LogP contribution >= 0.6 is 0 Å². The normalized spacial score (nSPS) is 20.5. The number of carbonyl (C=O) groups excluding carboxylic acids is 2. The highest BCUT2D eigenvalue weighted by atomic mass is 16.2. The summed E-state index contributed by atoms with van der Waals surface area (Å²) in [4.78, 5) is 31.1. The van der Waals surface area contributed by atoms with Crippen molar-refractivity contribution >= 4 is 11.8 Å². The van der Waals surface area contributed by atoms with Crippen LogP contribution in [0.1, 0.15) is 58.3 Å². The fourth-order valence-electron chi connectivity index (χ4n) is 5.45. The largest absolute Gasteiger partial charge is 0.339 e. The molecule has 2 aromatic rings. The molecular formula is C27H32N2O2. The SMILES string of the molecule is Cc1ccc(C(=O)N2CCC3(CC2)Cc2ccccc2CN(CC2CC2)C3=O)c(C)c1. The fourth-order valence-corrected chi connectivity index (χ4v) is 5.45. The second-order valence-electron chi connectivity index (χ2n) is 9.97. The average molecular weight is 417 g/mol. The van der Waals surface area contributed by atoms with E-state index in [1.807, 2.05) is 24.0 Å². The molecule has 1 aliphatic carbocycles. The molecule has 1 saturated carbocycles. The van der Waals surface area contributed by atoms with Crippen LogP contribution in [0.3, 0.4) is 0 Å². The third-order valence-corrected chi connectivity index (χ3v) is 7.54. The number of rotatable bonds is 3. The van der Waals surface area contributed by atoms with Crippen LogP contribution in [-0.2, 0) is 17.8 Å². The highest BCUT2D eigenvalue weighted by molar-refractivity contribution is 5.96. The second-order valence-corrected chi connectivity index (χ2v) is 9.97. The molecule has 5 rings (SSSR count). The fraction of sp³-hybridized carbons (Fsp3) is 0.481. The van der Waals surface area contributed by atoms with Gasteiger partial charge in [0.1, 0.15) is 0 Å². The standard InChI is InChI=1S/C27H32N2O2/c1-19-7-10-24(20(2)15-19)25(30)28-13-11-27(12-14-28)16-22-5-3-4-6-23(22)18-29(26(27)31)17-21-8-9-21/h3-7,10,15,21H,8-9,11-14,16-18H2,1-2H3. The lowest BCUT2D eigenvalue weighted by Crippen LogP contribution is -2.51. The van der Waals surface area contributed by atoms with E-state index in [9.17, 15) is 9.59 Å². The van der Waals surface area contributed by atoms with Gasteiger partial charge in [-0.1, -0.05) is 42.0 Å². The van der Waals surface area contributed by atoms with E-state index >= 15 is 0 Å². The molecule has 162 valence electrons. The van der Waals surface area contributed by atoms with Crippen LogP contribution in [0, 0.1) is 25.2 Å². The Bertz CT molecular complexity index is 1020. The summed E-state index contributed by atoms with van der Waals surface area (Å²) in [6.45, 7) is 6.98. The van der Waals surface area contributed by atoms with Gasteiger partial charge in [-0.15, -0.1) is 0 Å². The van der Waals surface area contributed by atoms with Crippen molar-refractivity contribution in [1.29, 1.82) is 0 Å². The van der Waals surface area contributed by atoms with Crippen LogP contribution in [0.5, 0.6) is 0 Å². The quantitative estimate of drug-likeness (QED) is 0.738. The van der Waals surface area contributed by atoms with E-state index in [4.69, 9.17) is 0 Å². The maximum atomic E-state index is 13.8. The number of carbonyl (C=O) groups is 2. The molecule has 0 unspecified atom stereocenters. The van der Waals surface area contributed by atoms with Crippen molar-refractivity contribution in [2.75, 3.05) is 19.6 Å². The van der Waals surface area contributed by atoms with Gasteiger partial charge in [0.15, 0.2) is 0 Å². The lowest BCUT2D eigenvalue weighted by Gasteiger charge is -2.42. The van der Waals surface area contributed by atoms with E-state index in [0.29, 0.717) is 24.9 Å². The van der Waals surface area contributed by atoms with Gasteiger partial charge in [0.05, 0.1) is 5.41 Å². The zero-order chi connectivity index (χ0) is 21.6. The number of hydrogen-bond acceptors (Lipinski definition) is 2. The first-order valence-corrected chi connectivity index (χ1v) is 11.7. The zero-order valence-corrected chi connectivity index (χ0v) is 18.7. The molecule has 0 atom stereocenters. The summed E-state index contributed by atoms with van der Waals surface area (Å²) in [5.41, 5.74) is 5.21. The summed E-state index contributed by atoms with van der Waals surface area (Å²) in [5.74, 6) is 1.09. The van der Waals surface area contributed by atoms with Gasteiger partial charge in [0.25, 0.3) is 5.91 Å². The predicted octanol–water partition coefficient (Wildman–Crippen LogP) is 4.52. The first kappa shape index (κ1) is 20.3. The molecule has 2 aliphatic heterocycles. The molecule has 31 heavy (non-hydrogen) atoms. The van der Waals surface area contributed by atoms with E-state index in [1.54, 1.807) is 0 Å². The van der Waals surface area contributed by atoms with Crippen molar-refractivity contribution in [3.63, 3.8) is 0 Å². The Labute approximate surface area is 185 Å². The average Bonchev–Trinajstić information content (AvgIpc) is 3.59. The van der Waals surface area contributed by atoms with Crippen molar-refractivity contribution in [1.82, 2.24) is 9.80 Å². The Morgan fingerprint density at radius 3 is 2.42 bits per heavy atom. The van der Waals surface area contributed by atoms with Crippen molar-refractivity contribution < 1.29 is 9.59 Å². The van der Waals surface area contributed by atoms with Gasteiger partial charge in [-0.05, 0) is 74.6 Å². The number of fused-ring (bicyclic) bond motifs is 1. The third kappa shape index (κ3) is 3.88. The highest BCUT2D eigenvalue weighted by Crippen LogP contribution is 2.42. The van der Waals surface area contributed by atoms with Crippen LogP contribution in [0.15, 0.2) is 42.5 Å². The van der Waals surface area contributed by atoms with E-state index in [2.05, 4.69) is 42.2 Å². The topological polar surface area (TPSA) is 40.6 Å². The molecule has 1 saturated heterocycles. The number of hydrogen-bond donors (Lipinski definition) is 0. The van der Waals surface area contributed by atoms with E-state index in [-0.39, 0.29) is 11.3 Å². The van der Waals surface area contributed by atoms with Crippen LogP contribution in [0.2, 0.25) is 0 Å². The number of amides is 2. The number of nitrogens with zero attached hydrogens (tertiary/aromatic N) is 2. The summed E-state index contributed by atoms with van der Waals surface area (Å²) in [6.07, 6.45) is 4.79. The van der Waals surface area contributed by atoms with Gasteiger partial charge in [0, 0.05) is 31.7 Å². The monoisotopic (exact) mass is 416 g/mol. The van der Waals surface area contributed by atoms with Gasteiger partial charge in [-0.2, -0.15) is 0 Å². The Balaban J connectivity index is 1.38. The second kappa shape index (κ2) is 7.81. The molecule has 2 aromatic carbocycles. The summed E-state index contributed by atoms with van der Waals surface area (Å²) in [6, 6.07) is 14.6. The molecule has 0 aromatic heterocycles. The molecule has 0 bridgehead atoms. The Morgan fingerprint density at radius 1 is 1.03 bits per heavy atom. The molecule has 3 aliphatic rings. The molecule has 2 fully saturated rings. The van der Waals surface area contributed by atoms with Crippen LogP contribution in [0.4, 0.5) is 0 Å². The summed E-state index contributed by atoms with van der Waals surface area (Å²) in [5, 5.41) is 0. The molecule has 0 radical (unpaired) electrons. The molecule has 4 heteroatoms. The van der Waals surface area contributed by atoms with Gasteiger partial charge < -0.3 is 9.80 Å². The van der Waals surface area contributed by atoms with Gasteiger partial charge in [-0.3, -0.25) is 9.59 Å². The lowest BCUT2D eigenvalue weighted by molar-refractivity contribution is -0.145. The molecular weight excluding hydrogens is 384 g/mol. The lowest BCUT2D eigenvalue weighted by atomic mass is 9.72. The number of likely N-dealkylation sites (tertiary alicyclic amines) is 1. The highest BCUT2D eigenvalue weighted by Gasteiger charge is 2.47. The van der Waals surface area contributed by atoms with Crippen LogP contribution < -0.4 is 0 Å². The maximum Gasteiger partial charge on any atom is 0.254 e. The summed E-state index contributed by atoms with van der Waals surface area (Å²) in [7, 11) is 0. The Morgan fingerprint density at radius 2 is 1.74 bits per heavy atom. The van der Waals surface area contributed by atoms with Gasteiger partial charge in [0.2, 0.25) is 5.91 Å². The minimum absolute atomic E-state index is 0.101. The Hall–Kier alpha value is -2.62. The third-order valence-electron chi connectivity index (χ3n) is 7.54. The van der Waals surface area contributed by atoms with Crippen molar-refractivity contribution in [2.45, 2.75) is 52.5 Å². The number of aryl methyl sites for hydroxylation is 2. The Kier molecular flexibility index (Phi) is 5.11. The van der Waals surface area contributed by atoms with Crippen LogP contribution in [-0.4, -0.2) is 41.2 Å². The molecule has 4 nitrogen and oxygen atoms in total. The van der Waals surface area contributed by atoms with E-state index < -0.39 is 0 Å². The smallest absolute Gasteiger partial charge is 0.254 e. The predicted molar refractivity (Wildman–Crippen MR) is 122 cm³/mol. The van der Waals surface area contributed by atoms with Gasteiger partial charge in [-0.25, -0.2) is 0 Å².